The molecule has 1 aromatic heterocycles. The van der Waals surface area contributed by atoms with E-state index in [2.05, 4.69) is 15.3 Å². The summed E-state index contributed by atoms with van der Waals surface area (Å²) in [5, 5.41) is 2.86. The van der Waals surface area contributed by atoms with E-state index in [4.69, 9.17) is 0 Å². The Bertz CT molecular complexity index is 512. The maximum atomic E-state index is 12.1. The van der Waals surface area contributed by atoms with Crippen LogP contribution in [0.15, 0.2) is 12.5 Å². The number of carbonyl (C=O) groups is 3. The van der Waals surface area contributed by atoms with Gasteiger partial charge in [-0.05, 0) is 32.6 Å². The fourth-order valence-corrected chi connectivity index (χ4v) is 2.58. The minimum absolute atomic E-state index is 0.0694. The average Bonchev–Trinajstić information content (AvgIpc) is 3.05. The maximum Gasteiger partial charge on any atom is 0.219 e. The molecular formula is C18H29N3O3. The highest BCUT2D eigenvalue weighted by Gasteiger charge is 2.18. The maximum absolute atomic E-state index is 12.1. The van der Waals surface area contributed by atoms with E-state index < -0.39 is 0 Å². The predicted molar refractivity (Wildman–Crippen MR) is 92.5 cm³/mol. The number of nitrogens with zero attached hydrogens (tertiary/aromatic N) is 1. The molecule has 134 valence electrons. The van der Waals surface area contributed by atoms with Crippen LogP contribution < -0.4 is 5.32 Å². The Morgan fingerprint density at radius 1 is 1.25 bits per heavy atom. The van der Waals surface area contributed by atoms with Gasteiger partial charge in [-0.2, -0.15) is 0 Å². The van der Waals surface area contributed by atoms with Crippen LogP contribution in [0.4, 0.5) is 0 Å². The number of rotatable bonds is 13. The molecule has 1 aromatic rings. The molecular weight excluding hydrogens is 306 g/mol. The molecule has 0 aliphatic carbocycles. The van der Waals surface area contributed by atoms with Crippen molar-refractivity contribution < 1.29 is 14.4 Å². The van der Waals surface area contributed by atoms with E-state index in [0.717, 1.165) is 25.0 Å². The summed E-state index contributed by atoms with van der Waals surface area (Å²) in [5.41, 5.74) is 0.936. The van der Waals surface area contributed by atoms with Gasteiger partial charge >= 0.3 is 0 Å². The van der Waals surface area contributed by atoms with Crippen LogP contribution in [0.2, 0.25) is 0 Å². The molecule has 1 amide bonds. The lowest BCUT2D eigenvalue weighted by atomic mass is 9.91. The van der Waals surface area contributed by atoms with Crippen LogP contribution in [0.3, 0.4) is 0 Å². The molecule has 0 unspecified atom stereocenters. The smallest absolute Gasteiger partial charge is 0.219 e. The van der Waals surface area contributed by atoms with Crippen molar-refractivity contribution in [2.24, 2.45) is 5.92 Å². The van der Waals surface area contributed by atoms with Gasteiger partial charge in [-0.25, -0.2) is 4.98 Å². The topological polar surface area (TPSA) is 91.9 Å². The van der Waals surface area contributed by atoms with Gasteiger partial charge in [0, 0.05) is 43.6 Å². The lowest BCUT2D eigenvalue weighted by Crippen LogP contribution is -2.24. The van der Waals surface area contributed by atoms with Crippen LogP contribution in [0.1, 0.15) is 64.5 Å². The summed E-state index contributed by atoms with van der Waals surface area (Å²) in [4.78, 5) is 42.0. The first kappa shape index (κ1) is 20.1. The largest absolute Gasteiger partial charge is 0.356 e. The van der Waals surface area contributed by atoms with E-state index in [9.17, 15) is 14.4 Å². The molecule has 0 radical (unpaired) electrons. The Balaban J connectivity index is 2.22. The van der Waals surface area contributed by atoms with Crippen LogP contribution >= 0.6 is 0 Å². The molecule has 0 aromatic carbocycles. The van der Waals surface area contributed by atoms with E-state index in [0.29, 0.717) is 38.6 Å². The second kappa shape index (κ2) is 11.5. The number of ketones is 2. The number of nitrogens with one attached hydrogen (secondary N) is 2. The predicted octanol–water partition coefficient (Wildman–Crippen LogP) is 2.59. The summed E-state index contributed by atoms with van der Waals surface area (Å²) in [6.07, 6.45) is 8.46. The molecule has 1 rings (SSSR count). The van der Waals surface area contributed by atoms with Gasteiger partial charge in [-0.3, -0.25) is 14.4 Å². The van der Waals surface area contributed by atoms with Crippen molar-refractivity contribution in [1.29, 1.82) is 0 Å². The second-order valence-electron chi connectivity index (χ2n) is 6.22. The first-order valence-electron chi connectivity index (χ1n) is 8.79. The van der Waals surface area contributed by atoms with Crippen LogP contribution in [-0.4, -0.2) is 34.0 Å². The molecule has 0 aliphatic rings. The summed E-state index contributed by atoms with van der Waals surface area (Å²) in [7, 11) is 0. The molecule has 0 fully saturated rings. The van der Waals surface area contributed by atoms with E-state index in [1.165, 1.54) is 0 Å². The number of hydrogen-bond acceptors (Lipinski definition) is 4. The van der Waals surface area contributed by atoms with Crippen molar-refractivity contribution in [3.05, 3.63) is 18.2 Å². The SMILES string of the molecule is CCCC(=O)NCCCC[C@H](CC(=O)CCc1cnc[nH]1)C(C)=O. The first-order valence-corrected chi connectivity index (χ1v) is 8.79. The third kappa shape index (κ3) is 8.60. The number of H-pyrrole nitrogens is 1. The Kier molecular flexibility index (Phi) is 9.65. The molecule has 1 atom stereocenters. The van der Waals surface area contributed by atoms with Gasteiger partial charge in [0.1, 0.15) is 11.6 Å². The Morgan fingerprint density at radius 3 is 2.67 bits per heavy atom. The molecule has 24 heavy (non-hydrogen) atoms. The molecule has 0 saturated heterocycles. The molecule has 2 N–H and O–H groups in total. The zero-order valence-electron chi connectivity index (χ0n) is 14.8. The molecule has 6 heteroatoms. The molecule has 0 aliphatic heterocycles. The van der Waals surface area contributed by atoms with Gasteiger partial charge in [0.15, 0.2) is 0 Å². The van der Waals surface area contributed by atoms with E-state index in [-0.39, 0.29) is 23.4 Å². The van der Waals surface area contributed by atoms with Crippen molar-refractivity contribution in [1.82, 2.24) is 15.3 Å². The fraction of sp³-hybridized carbons (Fsp3) is 0.667. The number of aromatic amines is 1. The zero-order chi connectivity index (χ0) is 17.8. The average molecular weight is 335 g/mol. The summed E-state index contributed by atoms with van der Waals surface area (Å²) in [5.74, 6) is 0.0566. The standard InChI is InChI=1S/C18H29N3O3/c1-3-6-18(24)20-10-5-4-7-15(14(2)22)11-17(23)9-8-16-12-19-13-21-16/h12-13,15H,3-11H2,1-2H3,(H,19,21)(H,20,24)/t15-/m1/s1. The minimum Gasteiger partial charge on any atom is -0.356 e. The van der Waals surface area contributed by atoms with Gasteiger partial charge in [0.05, 0.1) is 6.33 Å². The lowest BCUT2D eigenvalue weighted by Gasteiger charge is -2.13. The third-order valence-corrected chi connectivity index (χ3v) is 4.06. The molecule has 6 nitrogen and oxygen atoms in total. The van der Waals surface area contributed by atoms with Crippen LogP contribution in [-0.2, 0) is 20.8 Å². The molecule has 1 heterocycles. The third-order valence-electron chi connectivity index (χ3n) is 4.06. The van der Waals surface area contributed by atoms with Gasteiger partial charge in [-0.1, -0.05) is 13.3 Å². The van der Waals surface area contributed by atoms with Gasteiger partial charge in [-0.15, -0.1) is 0 Å². The monoisotopic (exact) mass is 335 g/mol. The Morgan fingerprint density at radius 2 is 2.04 bits per heavy atom. The van der Waals surface area contributed by atoms with E-state index >= 15 is 0 Å². The van der Waals surface area contributed by atoms with Crippen LogP contribution in [0.5, 0.6) is 0 Å². The van der Waals surface area contributed by atoms with Gasteiger partial charge < -0.3 is 10.3 Å². The number of aromatic nitrogens is 2. The van der Waals surface area contributed by atoms with Crippen molar-refractivity contribution in [3.63, 3.8) is 0 Å². The first-order chi connectivity index (χ1) is 11.5. The van der Waals surface area contributed by atoms with Gasteiger partial charge in [0.25, 0.3) is 0 Å². The second-order valence-corrected chi connectivity index (χ2v) is 6.22. The summed E-state index contributed by atoms with van der Waals surface area (Å²) >= 11 is 0. The van der Waals surface area contributed by atoms with Crippen LogP contribution in [0.25, 0.3) is 0 Å². The lowest BCUT2D eigenvalue weighted by molar-refractivity contribution is -0.127. The van der Waals surface area contributed by atoms with Crippen molar-refractivity contribution in [2.75, 3.05) is 6.54 Å². The normalized spacial score (nSPS) is 11.9. The number of Topliss-reactive ketones (excluding diaryl/α,β-unsaturated/α-hetero) is 2. The summed E-state index contributed by atoms with van der Waals surface area (Å²) in [6.45, 7) is 4.16. The van der Waals surface area contributed by atoms with E-state index in [1.54, 1.807) is 19.4 Å². The number of unbranched alkanes of at least 4 members (excludes halogenated alkanes) is 1. The molecule has 0 spiro atoms. The van der Waals surface area contributed by atoms with Crippen molar-refractivity contribution >= 4 is 17.5 Å². The summed E-state index contributed by atoms with van der Waals surface area (Å²) in [6, 6.07) is 0. The zero-order valence-corrected chi connectivity index (χ0v) is 14.8. The number of hydrogen-bond donors (Lipinski definition) is 2. The van der Waals surface area contributed by atoms with Gasteiger partial charge in [0.2, 0.25) is 5.91 Å². The number of aryl methyl sites for hydroxylation is 1. The fourth-order valence-electron chi connectivity index (χ4n) is 2.58. The Hall–Kier alpha value is -1.98. The number of imidazole rings is 1. The van der Waals surface area contributed by atoms with E-state index in [1.807, 2.05) is 6.92 Å². The highest BCUT2D eigenvalue weighted by molar-refractivity contribution is 5.86. The summed E-state index contributed by atoms with van der Waals surface area (Å²) < 4.78 is 0. The highest BCUT2D eigenvalue weighted by Crippen LogP contribution is 2.16. The molecule has 0 bridgehead atoms. The number of amides is 1. The van der Waals surface area contributed by atoms with Crippen LogP contribution in [0, 0.1) is 5.92 Å². The minimum atomic E-state index is -0.203. The molecule has 0 saturated carbocycles. The Labute approximate surface area is 143 Å². The van der Waals surface area contributed by atoms with Crippen molar-refractivity contribution in [2.45, 2.75) is 65.2 Å². The van der Waals surface area contributed by atoms with Crippen molar-refractivity contribution in [3.8, 4) is 0 Å². The quantitative estimate of drug-likeness (QED) is 0.542. The number of carbonyl (C=O) groups excluding carboxylic acids is 3. The highest BCUT2D eigenvalue weighted by atomic mass is 16.1.